The molecule has 2 heterocycles. The van der Waals surface area contributed by atoms with E-state index >= 15 is 0 Å². The lowest BCUT2D eigenvalue weighted by Gasteiger charge is -2.31. The second-order valence-electron chi connectivity index (χ2n) is 6.22. The maximum absolute atomic E-state index is 12.6. The summed E-state index contributed by atoms with van der Waals surface area (Å²) >= 11 is 0. The molecule has 0 bridgehead atoms. The van der Waals surface area contributed by atoms with Crippen molar-refractivity contribution in [1.29, 1.82) is 0 Å². The number of amides is 2. The van der Waals surface area contributed by atoms with E-state index in [1.165, 1.54) is 13.2 Å². The molecule has 1 aromatic carbocycles. The van der Waals surface area contributed by atoms with Gasteiger partial charge in [-0.15, -0.1) is 0 Å². The van der Waals surface area contributed by atoms with Gasteiger partial charge in [0.15, 0.2) is 0 Å². The lowest BCUT2D eigenvalue weighted by Crippen LogP contribution is -2.46. The highest BCUT2D eigenvalue weighted by Crippen LogP contribution is 2.26. The SMILES string of the molecule is COC(=O)N1CCC(NS(=O)(=O)c2ccc3c(c2)CCC(=O)N3)CC1. The minimum Gasteiger partial charge on any atom is -0.453 e. The predicted octanol–water partition coefficient (Wildman–Crippen LogP) is 1.08. The molecular formula is C16H21N3O5S. The van der Waals surface area contributed by atoms with Gasteiger partial charge in [-0.1, -0.05) is 0 Å². The molecule has 3 rings (SSSR count). The third kappa shape index (κ3) is 3.93. The number of hydrogen-bond acceptors (Lipinski definition) is 5. The number of methoxy groups -OCH3 is 1. The van der Waals surface area contributed by atoms with Crippen molar-refractivity contribution >= 4 is 27.7 Å². The van der Waals surface area contributed by atoms with Crippen molar-refractivity contribution in [1.82, 2.24) is 9.62 Å². The average molecular weight is 367 g/mol. The Bertz CT molecular complexity index is 785. The molecule has 0 unspecified atom stereocenters. The molecule has 1 aromatic rings. The molecule has 0 radical (unpaired) electrons. The summed E-state index contributed by atoms with van der Waals surface area (Å²) in [6, 6.07) is 4.51. The van der Waals surface area contributed by atoms with Gasteiger partial charge in [0.25, 0.3) is 0 Å². The molecule has 136 valence electrons. The fraction of sp³-hybridized carbons (Fsp3) is 0.500. The maximum Gasteiger partial charge on any atom is 0.409 e. The van der Waals surface area contributed by atoms with Crippen LogP contribution in [0.15, 0.2) is 23.1 Å². The summed E-state index contributed by atoms with van der Waals surface area (Å²) in [5.74, 6) is -0.0569. The maximum atomic E-state index is 12.6. The molecule has 0 spiro atoms. The van der Waals surface area contributed by atoms with E-state index in [1.807, 2.05) is 0 Å². The number of carbonyl (C=O) groups excluding carboxylic acids is 2. The van der Waals surface area contributed by atoms with Gasteiger partial charge in [-0.2, -0.15) is 0 Å². The molecule has 9 heteroatoms. The molecule has 0 atom stereocenters. The number of nitrogens with zero attached hydrogens (tertiary/aromatic N) is 1. The Morgan fingerprint density at radius 2 is 2.00 bits per heavy atom. The van der Waals surface area contributed by atoms with Gasteiger partial charge in [-0.25, -0.2) is 17.9 Å². The molecule has 8 nitrogen and oxygen atoms in total. The van der Waals surface area contributed by atoms with E-state index in [9.17, 15) is 18.0 Å². The van der Waals surface area contributed by atoms with E-state index in [0.717, 1.165) is 5.56 Å². The van der Waals surface area contributed by atoms with E-state index in [0.29, 0.717) is 44.5 Å². The predicted molar refractivity (Wildman–Crippen MR) is 90.7 cm³/mol. The molecule has 2 N–H and O–H groups in total. The number of anilines is 1. The molecule has 1 saturated heterocycles. The van der Waals surface area contributed by atoms with Crippen LogP contribution in [-0.2, 0) is 26.0 Å². The summed E-state index contributed by atoms with van der Waals surface area (Å²) in [4.78, 5) is 24.6. The van der Waals surface area contributed by atoms with Crippen LogP contribution in [0.2, 0.25) is 0 Å². The van der Waals surface area contributed by atoms with Crippen LogP contribution in [0.1, 0.15) is 24.8 Å². The van der Waals surface area contributed by atoms with Crippen molar-refractivity contribution in [2.75, 3.05) is 25.5 Å². The number of benzene rings is 1. The van der Waals surface area contributed by atoms with Gasteiger partial charge in [0.1, 0.15) is 0 Å². The largest absolute Gasteiger partial charge is 0.453 e. The molecular weight excluding hydrogens is 346 g/mol. The zero-order valence-corrected chi connectivity index (χ0v) is 14.8. The zero-order chi connectivity index (χ0) is 18.0. The number of sulfonamides is 1. The summed E-state index contributed by atoms with van der Waals surface area (Å²) in [5.41, 5.74) is 1.49. The Morgan fingerprint density at radius 3 is 2.68 bits per heavy atom. The Balaban J connectivity index is 1.67. The normalized spacial score (nSPS) is 18.4. The summed E-state index contributed by atoms with van der Waals surface area (Å²) in [6.45, 7) is 0.909. The number of hydrogen-bond donors (Lipinski definition) is 2. The standard InChI is InChI=1S/C16H21N3O5S/c1-24-16(21)19-8-6-12(7-9-19)18-25(22,23)13-3-4-14-11(10-13)2-5-15(20)17-14/h3-4,10,12,18H,2,5-9H2,1H3,(H,17,20). The third-order valence-corrected chi connectivity index (χ3v) is 6.05. The van der Waals surface area contributed by atoms with Crippen molar-refractivity contribution in [3.8, 4) is 0 Å². The van der Waals surface area contributed by atoms with Crippen molar-refractivity contribution in [3.05, 3.63) is 23.8 Å². The van der Waals surface area contributed by atoms with Gasteiger partial charge in [0.2, 0.25) is 15.9 Å². The number of carbonyl (C=O) groups is 2. The fourth-order valence-corrected chi connectivity index (χ4v) is 4.48. The number of ether oxygens (including phenoxy) is 1. The number of aryl methyl sites for hydroxylation is 1. The summed E-state index contributed by atoms with van der Waals surface area (Å²) < 4.78 is 32.6. The molecule has 0 aromatic heterocycles. The van der Waals surface area contributed by atoms with Crippen molar-refractivity contribution in [2.24, 2.45) is 0 Å². The Kier molecular flexibility index (Phi) is 4.96. The summed E-state index contributed by atoms with van der Waals surface area (Å²) in [7, 11) is -2.32. The number of likely N-dealkylation sites (tertiary alicyclic amines) is 1. The Hall–Kier alpha value is -2.13. The first-order valence-corrected chi connectivity index (χ1v) is 9.65. The van der Waals surface area contributed by atoms with Gasteiger partial charge in [0.05, 0.1) is 12.0 Å². The first-order chi connectivity index (χ1) is 11.9. The van der Waals surface area contributed by atoms with Gasteiger partial charge in [-0.3, -0.25) is 4.79 Å². The highest BCUT2D eigenvalue weighted by atomic mass is 32.2. The molecule has 2 aliphatic rings. The van der Waals surface area contributed by atoms with Crippen molar-refractivity contribution < 1.29 is 22.7 Å². The highest BCUT2D eigenvalue weighted by Gasteiger charge is 2.27. The summed E-state index contributed by atoms with van der Waals surface area (Å²) in [5, 5.41) is 2.74. The summed E-state index contributed by atoms with van der Waals surface area (Å²) in [6.07, 6.45) is 1.57. The lowest BCUT2D eigenvalue weighted by molar-refractivity contribution is -0.116. The second-order valence-corrected chi connectivity index (χ2v) is 7.93. The van der Waals surface area contributed by atoms with Gasteiger partial charge in [-0.05, 0) is 43.0 Å². The number of piperidine rings is 1. The first kappa shape index (κ1) is 17.7. The monoisotopic (exact) mass is 367 g/mol. The molecule has 0 aliphatic carbocycles. The van der Waals surface area contributed by atoms with Crippen molar-refractivity contribution in [2.45, 2.75) is 36.6 Å². The van der Waals surface area contributed by atoms with Crippen LogP contribution in [0.25, 0.3) is 0 Å². The van der Waals surface area contributed by atoms with Crippen LogP contribution >= 0.6 is 0 Å². The van der Waals surface area contributed by atoms with Crippen LogP contribution in [-0.4, -0.2) is 51.6 Å². The number of nitrogens with one attached hydrogen (secondary N) is 2. The quantitative estimate of drug-likeness (QED) is 0.832. The molecule has 0 saturated carbocycles. The minimum atomic E-state index is -3.65. The van der Waals surface area contributed by atoms with Gasteiger partial charge >= 0.3 is 6.09 Å². The van der Waals surface area contributed by atoms with Gasteiger partial charge < -0.3 is 15.0 Å². The fourth-order valence-electron chi connectivity index (χ4n) is 3.12. The van der Waals surface area contributed by atoms with E-state index in [-0.39, 0.29) is 16.8 Å². The Labute approximate surface area is 146 Å². The van der Waals surface area contributed by atoms with E-state index in [2.05, 4.69) is 14.8 Å². The van der Waals surface area contributed by atoms with Gasteiger partial charge in [0, 0.05) is 31.2 Å². The smallest absolute Gasteiger partial charge is 0.409 e. The van der Waals surface area contributed by atoms with Crippen LogP contribution in [0, 0.1) is 0 Å². The second kappa shape index (κ2) is 7.01. The Morgan fingerprint density at radius 1 is 1.28 bits per heavy atom. The van der Waals surface area contributed by atoms with Crippen LogP contribution in [0.5, 0.6) is 0 Å². The third-order valence-electron chi connectivity index (χ3n) is 4.53. The lowest BCUT2D eigenvalue weighted by atomic mass is 10.0. The number of rotatable bonds is 3. The van der Waals surface area contributed by atoms with E-state index in [4.69, 9.17) is 0 Å². The first-order valence-electron chi connectivity index (χ1n) is 8.17. The average Bonchev–Trinajstić information content (AvgIpc) is 2.60. The van der Waals surface area contributed by atoms with Crippen LogP contribution in [0.3, 0.4) is 0 Å². The molecule has 1 fully saturated rings. The molecule has 2 amide bonds. The zero-order valence-electron chi connectivity index (χ0n) is 13.9. The van der Waals surface area contributed by atoms with E-state index in [1.54, 1.807) is 17.0 Å². The topological polar surface area (TPSA) is 105 Å². The van der Waals surface area contributed by atoms with Crippen molar-refractivity contribution in [3.63, 3.8) is 0 Å². The van der Waals surface area contributed by atoms with Crippen LogP contribution < -0.4 is 10.0 Å². The van der Waals surface area contributed by atoms with E-state index < -0.39 is 16.1 Å². The minimum absolute atomic E-state index is 0.0569. The highest BCUT2D eigenvalue weighted by molar-refractivity contribution is 7.89. The number of fused-ring (bicyclic) bond motifs is 1. The molecule has 25 heavy (non-hydrogen) atoms. The molecule has 2 aliphatic heterocycles. The van der Waals surface area contributed by atoms with Crippen LogP contribution in [0.4, 0.5) is 10.5 Å².